The zero-order chi connectivity index (χ0) is 13.6. The standard InChI is InChI=1S/C13H20O2S3/c1-11(7-9-16)8-10-17-12-3-5-13(6-4-12)18(2,14)15/h3-6,11,16H,7-10H2,1-2H3. The van der Waals surface area contributed by atoms with Crippen LogP contribution in [0, 0.1) is 5.92 Å². The van der Waals surface area contributed by atoms with Gasteiger partial charge in [0.15, 0.2) is 9.84 Å². The highest BCUT2D eigenvalue weighted by Gasteiger charge is 2.06. The van der Waals surface area contributed by atoms with Gasteiger partial charge in [0.1, 0.15) is 0 Å². The minimum atomic E-state index is -3.08. The summed E-state index contributed by atoms with van der Waals surface area (Å²) in [6.07, 6.45) is 3.55. The Kier molecular flexibility index (Phi) is 6.60. The lowest BCUT2D eigenvalue weighted by Crippen LogP contribution is -1.98. The van der Waals surface area contributed by atoms with E-state index in [9.17, 15) is 8.42 Å². The summed E-state index contributed by atoms with van der Waals surface area (Å²) in [5.74, 6) is 2.70. The molecular formula is C13H20O2S3. The van der Waals surface area contributed by atoms with Crippen molar-refractivity contribution in [3.05, 3.63) is 24.3 Å². The van der Waals surface area contributed by atoms with Gasteiger partial charge in [-0.05, 0) is 54.5 Å². The summed E-state index contributed by atoms with van der Waals surface area (Å²) in [6.45, 7) is 2.24. The van der Waals surface area contributed by atoms with Crippen molar-refractivity contribution in [2.24, 2.45) is 5.92 Å². The second-order valence-electron chi connectivity index (χ2n) is 4.50. The molecule has 0 aliphatic rings. The van der Waals surface area contributed by atoms with Crippen molar-refractivity contribution in [2.75, 3.05) is 17.8 Å². The zero-order valence-corrected chi connectivity index (χ0v) is 13.3. The summed E-state index contributed by atoms with van der Waals surface area (Å²) >= 11 is 6.00. The number of thiol groups is 1. The third-order valence-electron chi connectivity index (χ3n) is 2.75. The first-order valence-electron chi connectivity index (χ1n) is 5.97. The van der Waals surface area contributed by atoms with Crippen molar-refractivity contribution in [3.63, 3.8) is 0 Å². The molecule has 0 spiro atoms. The van der Waals surface area contributed by atoms with Crippen LogP contribution in [0.25, 0.3) is 0 Å². The van der Waals surface area contributed by atoms with E-state index < -0.39 is 9.84 Å². The lowest BCUT2D eigenvalue weighted by Gasteiger charge is -2.09. The van der Waals surface area contributed by atoms with Gasteiger partial charge < -0.3 is 0 Å². The van der Waals surface area contributed by atoms with E-state index in [1.54, 1.807) is 23.9 Å². The molecule has 0 radical (unpaired) electrons. The highest BCUT2D eigenvalue weighted by atomic mass is 32.2. The summed E-state index contributed by atoms with van der Waals surface area (Å²) in [7, 11) is -3.08. The van der Waals surface area contributed by atoms with Gasteiger partial charge in [-0.3, -0.25) is 0 Å². The van der Waals surface area contributed by atoms with Crippen molar-refractivity contribution >= 4 is 34.2 Å². The highest BCUT2D eigenvalue weighted by molar-refractivity contribution is 7.99. The van der Waals surface area contributed by atoms with E-state index in [0.717, 1.165) is 22.8 Å². The molecule has 1 unspecified atom stereocenters. The molecule has 1 rings (SSSR count). The van der Waals surface area contributed by atoms with Crippen LogP contribution < -0.4 is 0 Å². The van der Waals surface area contributed by atoms with Gasteiger partial charge in [0.05, 0.1) is 4.90 Å². The van der Waals surface area contributed by atoms with E-state index in [-0.39, 0.29) is 0 Å². The molecule has 1 aromatic rings. The molecule has 0 aromatic heterocycles. The van der Waals surface area contributed by atoms with E-state index in [2.05, 4.69) is 19.6 Å². The fraction of sp³-hybridized carbons (Fsp3) is 0.538. The second-order valence-corrected chi connectivity index (χ2v) is 8.13. The average Bonchev–Trinajstić information content (AvgIpc) is 2.29. The van der Waals surface area contributed by atoms with Gasteiger partial charge in [-0.25, -0.2) is 8.42 Å². The van der Waals surface area contributed by atoms with Crippen LogP contribution in [0.5, 0.6) is 0 Å². The molecular weight excluding hydrogens is 284 g/mol. The molecule has 5 heteroatoms. The molecule has 0 saturated carbocycles. The van der Waals surface area contributed by atoms with E-state index in [1.807, 2.05) is 12.1 Å². The third-order valence-corrected chi connectivity index (χ3v) is 5.19. The topological polar surface area (TPSA) is 34.1 Å². The Morgan fingerprint density at radius 2 is 1.83 bits per heavy atom. The van der Waals surface area contributed by atoms with Crippen LogP contribution in [-0.4, -0.2) is 26.2 Å². The summed E-state index contributed by atoms with van der Waals surface area (Å²) in [6, 6.07) is 7.11. The molecule has 0 fully saturated rings. The van der Waals surface area contributed by atoms with Gasteiger partial charge in [0.2, 0.25) is 0 Å². The van der Waals surface area contributed by atoms with Gasteiger partial charge >= 0.3 is 0 Å². The molecule has 0 amide bonds. The highest BCUT2D eigenvalue weighted by Crippen LogP contribution is 2.23. The number of benzene rings is 1. The van der Waals surface area contributed by atoms with Crippen molar-refractivity contribution in [1.82, 2.24) is 0 Å². The summed E-state index contributed by atoms with van der Waals surface area (Å²) < 4.78 is 22.6. The Balaban J connectivity index is 2.45. The predicted molar refractivity (Wildman–Crippen MR) is 82.5 cm³/mol. The van der Waals surface area contributed by atoms with Crippen LogP contribution in [-0.2, 0) is 9.84 Å². The van der Waals surface area contributed by atoms with Gasteiger partial charge in [-0.2, -0.15) is 12.6 Å². The first-order valence-corrected chi connectivity index (χ1v) is 9.48. The first-order chi connectivity index (χ1) is 8.43. The third kappa shape index (κ3) is 5.67. The lowest BCUT2D eigenvalue weighted by atomic mass is 10.1. The summed E-state index contributed by atoms with van der Waals surface area (Å²) in [4.78, 5) is 1.51. The predicted octanol–water partition coefficient (Wildman–Crippen LogP) is 3.53. The second kappa shape index (κ2) is 7.46. The van der Waals surface area contributed by atoms with E-state index in [0.29, 0.717) is 10.8 Å². The van der Waals surface area contributed by atoms with E-state index >= 15 is 0 Å². The van der Waals surface area contributed by atoms with E-state index in [4.69, 9.17) is 0 Å². The maximum atomic E-state index is 11.3. The number of sulfone groups is 1. The summed E-state index contributed by atoms with van der Waals surface area (Å²) in [5, 5.41) is 0. The van der Waals surface area contributed by atoms with Crippen LogP contribution in [0.4, 0.5) is 0 Å². The SMILES string of the molecule is CC(CCS)CCSc1ccc(S(C)(=O)=O)cc1. The van der Waals surface area contributed by atoms with Gasteiger partial charge in [-0.1, -0.05) is 6.92 Å². The fourth-order valence-electron chi connectivity index (χ4n) is 1.53. The molecule has 102 valence electrons. The Morgan fingerprint density at radius 1 is 1.22 bits per heavy atom. The molecule has 18 heavy (non-hydrogen) atoms. The average molecular weight is 305 g/mol. The van der Waals surface area contributed by atoms with Gasteiger partial charge in [-0.15, -0.1) is 11.8 Å². The van der Waals surface area contributed by atoms with Crippen LogP contribution in [0.2, 0.25) is 0 Å². The molecule has 0 heterocycles. The Labute approximate surface area is 120 Å². The number of thioether (sulfide) groups is 1. The van der Waals surface area contributed by atoms with Crippen LogP contribution >= 0.6 is 24.4 Å². The Morgan fingerprint density at radius 3 is 2.33 bits per heavy atom. The fourth-order valence-corrected chi connectivity index (χ4v) is 3.68. The molecule has 0 N–H and O–H groups in total. The zero-order valence-electron chi connectivity index (χ0n) is 10.8. The smallest absolute Gasteiger partial charge is 0.175 e. The molecule has 0 aliphatic carbocycles. The first kappa shape index (κ1) is 15.9. The Bertz CT molecular complexity index is 452. The molecule has 0 bridgehead atoms. The van der Waals surface area contributed by atoms with Crippen molar-refractivity contribution < 1.29 is 8.42 Å². The number of rotatable bonds is 7. The molecule has 0 saturated heterocycles. The normalized spacial score (nSPS) is 13.5. The lowest BCUT2D eigenvalue weighted by molar-refractivity contribution is 0.554. The van der Waals surface area contributed by atoms with Crippen molar-refractivity contribution in [2.45, 2.75) is 29.6 Å². The molecule has 1 aromatic carbocycles. The van der Waals surface area contributed by atoms with Crippen molar-refractivity contribution in [3.8, 4) is 0 Å². The molecule has 1 atom stereocenters. The number of hydrogen-bond donors (Lipinski definition) is 1. The van der Waals surface area contributed by atoms with Gasteiger partial charge in [0.25, 0.3) is 0 Å². The van der Waals surface area contributed by atoms with Crippen LogP contribution in [0.3, 0.4) is 0 Å². The van der Waals surface area contributed by atoms with Crippen LogP contribution in [0.1, 0.15) is 19.8 Å². The monoisotopic (exact) mass is 304 g/mol. The maximum absolute atomic E-state index is 11.3. The van der Waals surface area contributed by atoms with Crippen LogP contribution in [0.15, 0.2) is 34.1 Å². The minimum absolute atomic E-state index is 0.385. The maximum Gasteiger partial charge on any atom is 0.175 e. The van der Waals surface area contributed by atoms with Gasteiger partial charge in [0, 0.05) is 11.2 Å². The molecule has 2 nitrogen and oxygen atoms in total. The number of hydrogen-bond acceptors (Lipinski definition) is 4. The Hall–Kier alpha value is -0.130. The quantitative estimate of drug-likeness (QED) is 0.618. The molecule has 0 aliphatic heterocycles. The van der Waals surface area contributed by atoms with E-state index in [1.165, 1.54) is 12.7 Å². The van der Waals surface area contributed by atoms with Crippen molar-refractivity contribution in [1.29, 1.82) is 0 Å². The largest absolute Gasteiger partial charge is 0.224 e. The minimum Gasteiger partial charge on any atom is -0.224 e. The summed E-state index contributed by atoms with van der Waals surface area (Å²) in [5.41, 5.74) is 0.